The minimum absolute atomic E-state index is 0.497. The van der Waals surface area contributed by atoms with Gasteiger partial charge in [-0.05, 0) is 24.6 Å². The lowest BCUT2D eigenvalue weighted by molar-refractivity contribution is 0.589. The van der Waals surface area contributed by atoms with Gasteiger partial charge in [0.25, 0.3) is 0 Å². The maximum atomic E-state index is 5.83. The lowest BCUT2D eigenvalue weighted by atomic mass is 9.97. The van der Waals surface area contributed by atoms with Crippen LogP contribution in [-0.4, -0.2) is 10.2 Å². The monoisotopic (exact) mass is 231 g/mol. The number of H-pyrrole nitrogens is 1. The largest absolute Gasteiger partial charge is 0.399 e. The van der Waals surface area contributed by atoms with Crippen molar-refractivity contribution in [2.45, 2.75) is 45.4 Å². The van der Waals surface area contributed by atoms with Crippen LogP contribution in [0, 0.1) is 0 Å². The minimum atomic E-state index is 0.497. The van der Waals surface area contributed by atoms with Gasteiger partial charge in [0.05, 0.1) is 11.2 Å². The molecule has 0 saturated heterocycles. The number of hydrogen-bond donors (Lipinski definition) is 2. The van der Waals surface area contributed by atoms with E-state index in [-0.39, 0.29) is 0 Å². The average molecular weight is 231 g/mol. The van der Waals surface area contributed by atoms with Crippen molar-refractivity contribution in [1.82, 2.24) is 10.2 Å². The van der Waals surface area contributed by atoms with Gasteiger partial charge in [-0.2, -0.15) is 5.10 Å². The highest BCUT2D eigenvalue weighted by Gasteiger charge is 2.12. The molecule has 17 heavy (non-hydrogen) atoms. The van der Waals surface area contributed by atoms with E-state index in [1.807, 2.05) is 18.2 Å². The predicted molar refractivity (Wildman–Crippen MR) is 73.1 cm³/mol. The van der Waals surface area contributed by atoms with Gasteiger partial charge in [-0.25, -0.2) is 0 Å². The number of aromatic amines is 1. The van der Waals surface area contributed by atoms with Crippen molar-refractivity contribution in [3.63, 3.8) is 0 Å². The van der Waals surface area contributed by atoms with Crippen molar-refractivity contribution < 1.29 is 0 Å². The molecule has 0 bridgehead atoms. The Morgan fingerprint density at radius 1 is 1.35 bits per heavy atom. The zero-order chi connectivity index (χ0) is 12.3. The molecule has 3 nitrogen and oxygen atoms in total. The zero-order valence-electron chi connectivity index (χ0n) is 10.7. The number of fused-ring (bicyclic) bond motifs is 1. The molecular formula is C14H21N3. The van der Waals surface area contributed by atoms with Crippen LogP contribution in [-0.2, 0) is 0 Å². The van der Waals surface area contributed by atoms with Crippen LogP contribution in [0.4, 0.5) is 5.69 Å². The summed E-state index contributed by atoms with van der Waals surface area (Å²) < 4.78 is 0. The molecule has 0 aliphatic rings. The number of nitrogens with one attached hydrogen (secondary N) is 1. The number of hydrogen-bond acceptors (Lipinski definition) is 2. The standard InChI is InChI=1S/C14H21N3/c1-3-4-5-6-10(2)14-12-9-11(15)7-8-13(12)16-17-14/h7-10H,3-6,15H2,1-2H3,(H,16,17). The number of nitrogens with zero attached hydrogens (tertiary/aromatic N) is 1. The van der Waals surface area contributed by atoms with E-state index in [1.54, 1.807) is 0 Å². The summed E-state index contributed by atoms with van der Waals surface area (Å²) in [5, 5.41) is 8.69. The Morgan fingerprint density at radius 3 is 2.94 bits per heavy atom. The Morgan fingerprint density at radius 2 is 2.18 bits per heavy atom. The summed E-state index contributed by atoms with van der Waals surface area (Å²) in [4.78, 5) is 0. The molecule has 0 saturated carbocycles. The summed E-state index contributed by atoms with van der Waals surface area (Å²) in [6.45, 7) is 4.48. The molecule has 2 rings (SSSR count). The van der Waals surface area contributed by atoms with Gasteiger partial charge in [0.15, 0.2) is 0 Å². The lowest BCUT2D eigenvalue weighted by Gasteiger charge is -2.08. The van der Waals surface area contributed by atoms with Gasteiger partial charge in [0, 0.05) is 17.0 Å². The summed E-state index contributed by atoms with van der Waals surface area (Å²) in [5.74, 6) is 0.497. The molecule has 3 heteroatoms. The molecule has 92 valence electrons. The van der Waals surface area contributed by atoms with Crippen LogP contribution in [0.1, 0.15) is 51.1 Å². The van der Waals surface area contributed by atoms with Crippen molar-refractivity contribution >= 4 is 16.6 Å². The van der Waals surface area contributed by atoms with Crippen LogP contribution in [0.15, 0.2) is 18.2 Å². The predicted octanol–water partition coefficient (Wildman–Crippen LogP) is 3.83. The number of nitrogen functional groups attached to an aromatic ring is 1. The SMILES string of the molecule is CCCCCC(C)c1n[nH]c2ccc(N)cc12. The number of benzene rings is 1. The first kappa shape index (κ1) is 12.0. The zero-order valence-corrected chi connectivity index (χ0v) is 10.7. The summed E-state index contributed by atoms with van der Waals surface area (Å²) in [7, 11) is 0. The number of aromatic nitrogens is 2. The van der Waals surface area contributed by atoms with E-state index >= 15 is 0 Å². The molecule has 1 unspecified atom stereocenters. The van der Waals surface area contributed by atoms with Crippen molar-refractivity contribution in [3.05, 3.63) is 23.9 Å². The van der Waals surface area contributed by atoms with Crippen LogP contribution in [0.5, 0.6) is 0 Å². The highest BCUT2D eigenvalue weighted by atomic mass is 15.1. The lowest BCUT2D eigenvalue weighted by Crippen LogP contribution is -1.95. The van der Waals surface area contributed by atoms with Crippen molar-refractivity contribution in [2.24, 2.45) is 0 Å². The van der Waals surface area contributed by atoms with Crippen molar-refractivity contribution in [1.29, 1.82) is 0 Å². The Bertz CT molecular complexity index is 487. The normalized spacial score (nSPS) is 13.1. The second-order valence-electron chi connectivity index (χ2n) is 4.81. The highest BCUT2D eigenvalue weighted by molar-refractivity contribution is 5.84. The van der Waals surface area contributed by atoms with Crippen LogP contribution < -0.4 is 5.73 Å². The van der Waals surface area contributed by atoms with Gasteiger partial charge in [-0.15, -0.1) is 0 Å². The number of unbranched alkanes of at least 4 members (excludes halogenated alkanes) is 2. The van der Waals surface area contributed by atoms with E-state index in [9.17, 15) is 0 Å². The number of anilines is 1. The second-order valence-corrected chi connectivity index (χ2v) is 4.81. The summed E-state index contributed by atoms with van der Waals surface area (Å²) >= 11 is 0. The summed E-state index contributed by atoms with van der Waals surface area (Å²) in [5.41, 5.74) is 8.87. The molecule has 0 fully saturated rings. The molecule has 2 aromatic rings. The molecule has 1 aromatic carbocycles. The fraction of sp³-hybridized carbons (Fsp3) is 0.500. The average Bonchev–Trinajstić information content (AvgIpc) is 2.72. The molecule has 0 amide bonds. The maximum absolute atomic E-state index is 5.83. The topological polar surface area (TPSA) is 54.7 Å². The van der Waals surface area contributed by atoms with Crippen molar-refractivity contribution in [2.75, 3.05) is 5.73 Å². The first-order chi connectivity index (χ1) is 8.22. The van der Waals surface area contributed by atoms with E-state index in [1.165, 1.54) is 31.1 Å². The fourth-order valence-corrected chi connectivity index (χ4v) is 2.26. The molecule has 0 spiro atoms. The highest BCUT2D eigenvalue weighted by Crippen LogP contribution is 2.28. The third-order valence-corrected chi connectivity index (χ3v) is 3.32. The van der Waals surface area contributed by atoms with Gasteiger partial charge >= 0.3 is 0 Å². The molecule has 1 aromatic heterocycles. The van der Waals surface area contributed by atoms with Gasteiger partial charge < -0.3 is 5.73 Å². The number of nitrogens with two attached hydrogens (primary N) is 1. The first-order valence-corrected chi connectivity index (χ1v) is 6.46. The summed E-state index contributed by atoms with van der Waals surface area (Å²) in [6.07, 6.45) is 5.03. The third kappa shape index (κ3) is 2.60. The molecule has 3 N–H and O–H groups in total. The van der Waals surface area contributed by atoms with Crippen LogP contribution >= 0.6 is 0 Å². The Kier molecular flexibility index (Phi) is 3.67. The molecule has 0 radical (unpaired) electrons. The van der Waals surface area contributed by atoms with Crippen LogP contribution in [0.25, 0.3) is 10.9 Å². The minimum Gasteiger partial charge on any atom is -0.399 e. The third-order valence-electron chi connectivity index (χ3n) is 3.32. The fourth-order valence-electron chi connectivity index (χ4n) is 2.26. The van der Waals surface area contributed by atoms with Crippen LogP contribution in [0.3, 0.4) is 0 Å². The van der Waals surface area contributed by atoms with E-state index in [0.717, 1.165) is 16.9 Å². The quantitative estimate of drug-likeness (QED) is 0.607. The van der Waals surface area contributed by atoms with Gasteiger partial charge in [-0.3, -0.25) is 5.10 Å². The summed E-state index contributed by atoms with van der Waals surface area (Å²) in [6, 6.07) is 5.93. The molecular weight excluding hydrogens is 210 g/mol. The Labute approximate surface area is 102 Å². The first-order valence-electron chi connectivity index (χ1n) is 6.46. The van der Waals surface area contributed by atoms with Crippen molar-refractivity contribution in [3.8, 4) is 0 Å². The smallest absolute Gasteiger partial charge is 0.0729 e. The Balaban J connectivity index is 2.19. The molecule has 0 aliphatic heterocycles. The van der Waals surface area contributed by atoms with E-state index in [0.29, 0.717) is 5.92 Å². The molecule has 0 aliphatic carbocycles. The van der Waals surface area contributed by atoms with Gasteiger partial charge in [0.1, 0.15) is 0 Å². The van der Waals surface area contributed by atoms with E-state index in [4.69, 9.17) is 5.73 Å². The van der Waals surface area contributed by atoms with E-state index in [2.05, 4.69) is 24.0 Å². The molecule has 1 atom stereocenters. The van der Waals surface area contributed by atoms with E-state index < -0.39 is 0 Å². The molecule has 1 heterocycles. The van der Waals surface area contributed by atoms with Crippen LogP contribution in [0.2, 0.25) is 0 Å². The second kappa shape index (κ2) is 5.21. The number of rotatable bonds is 5. The Hall–Kier alpha value is -1.51. The van der Waals surface area contributed by atoms with Gasteiger partial charge in [-0.1, -0.05) is 33.1 Å². The maximum Gasteiger partial charge on any atom is 0.0729 e. The van der Waals surface area contributed by atoms with Gasteiger partial charge in [0.2, 0.25) is 0 Å².